The molecule has 0 amide bonds. The van der Waals surface area contributed by atoms with Gasteiger partial charge in [-0.1, -0.05) is 20.8 Å². The van der Waals surface area contributed by atoms with Crippen LogP contribution in [0.1, 0.15) is 40.5 Å². The molecule has 1 saturated carbocycles. The highest BCUT2D eigenvalue weighted by atomic mass is 16.6. The molecule has 2 rings (SSSR count). The topological polar surface area (TPSA) is 29.5 Å². The van der Waals surface area contributed by atoms with Crippen LogP contribution < -0.4 is 0 Å². The molecule has 1 aliphatic carbocycles. The predicted octanol–water partition coefficient (Wildman–Crippen LogP) is 2.17. The summed E-state index contributed by atoms with van der Waals surface area (Å²) in [5.41, 5.74) is 0.222. The van der Waals surface area contributed by atoms with Crippen LogP contribution in [0.15, 0.2) is 0 Å². The van der Waals surface area contributed by atoms with Crippen LogP contribution in [-0.2, 0) is 4.74 Å². The molecule has 0 aromatic carbocycles. The Kier molecular flexibility index (Phi) is 1.81. The quantitative estimate of drug-likeness (QED) is 0.625. The van der Waals surface area contributed by atoms with Crippen molar-refractivity contribution in [3.63, 3.8) is 0 Å². The molecule has 1 aliphatic heterocycles. The lowest BCUT2D eigenvalue weighted by atomic mass is 9.74. The monoisotopic (exact) mass is 184 g/mol. The number of fused-ring (bicyclic) bond motifs is 1. The zero-order chi connectivity index (χ0) is 9.85. The molecule has 0 aromatic heterocycles. The molecule has 4 atom stereocenters. The number of hydrogen-bond donors (Lipinski definition) is 1. The fraction of sp³-hybridized carbons (Fsp3) is 1.00. The molecule has 2 heteroatoms. The van der Waals surface area contributed by atoms with Gasteiger partial charge < -0.3 is 9.84 Å². The summed E-state index contributed by atoms with van der Waals surface area (Å²) in [6, 6.07) is 0. The van der Waals surface area contributed by atoms with Gasteiger partial charge in [-0.05, 0) is 24.7 Å². The first-order chi connectivity index (χ1) is 5.86. The van der Waals surface area contributed by atoms with Crippen molar-refractivity contribution in [1.29, 1.82) is 0 Å². The van der Waals surface area contributed by atoms with Crippen molar-refractivity contribution in [3.8, 4) is 0 Å². The second kappa shape index (κ2) is 2.48. The van der Waals surface area contributed by atoms with Gasteiger partial charge in [0.25, 0.3) is 0 Å². The van der Waals surface area contributed by atoms with E-state index in [2.05, 4.69) is 27.7 Å². The van der Waals surface area contributed by atoms with Crippen molar-refractivity contribution in [2.75, 3.05) is 0 Å². The van der Waals surface area contributed by atoms with Crippen LogP contribution in [0.5, 0.6) is 0 Å². The Balaban J connectivity index is 2.30. The number of ether oxygens (including phenoxy) is 1. The Labute approximate surface area is 80.3 Å². The Morgan fingerprint density at radius 2 is 1.92 bits per heavy atom. The highest BCUT2D eigenvalue weighted by molar-refractivity contribution is 5.04. The van der Waals surface area contributed by atoms with Crippen LogP contribution in [0, 0.1) is 17.3 Å². The summed E-state index contributed by atoms with van der Waals surface area (Å²) in [5, 5.41) is 10.3. The van der Waals surface area contributed by atoms with Crippen LogP contribution in [-0.4, -0.2) is 17.0 Å². The molecule has 0 bridgehead atoms. The third-order valence-electron chi connectivity index (χ3n) is 4.28. The Bertz CT molecular complexity index is 224. The van der Waals surface area contributed by atoms with Gasteiger partial charge in [0.15, 0.2) is 5.79 Å². The third-order valence-corrected chi connectivity index (χ3v) is 4.28. The van der Waals surface area contributed by atoms with E-state index in [1.165, 1.54) is 0 Å². The highest BCUT2D eigenvalue weighted by Gasteiger charge is 2.60. The molecular weight excluding hydrogens is 164 g/mol. The standard InChI is InChI=1S/C11H20O2/c1-7-6-11(12)9(10(7,3)4)5-8(2)13-11/h7-9,12H,5-6H2,1-4H3. The zero-order valence-corrected chi connectivity index (χ0v) is 9.00. The van der Waals surface area contributed by atoms with E-state index in [1.807, 2.05) is 0 Å². The molecule has 1 saturated heterocycles. The van der Waals surface area contributed by atoms with Gasteiger partial charge in [-0.2, -0.15) is 0 Å². The third kappa shape index (κ3) is 1.15. The smallest absolute Gasteiger partial charge is 0.169 e. The van der Waals surface area contributed by atoms with Gasteiger partial charge in [0.2, 0.25) is 0 Å². The van der Waals surface area contributed by atoms with Gasteiger partial charge in [-0.15, -0.1) is 0 Å². The van der Waals surface area contributed by atoms with Gasteiger partial charge in [0, 0.05) is 12.3 Å². The average molecular weight is 184 g/mol. The minimum absolute atomic E-state index is 0.222. The van der Waals surface area contributed by atoms with Crippen molar-refractivity contribution >= 4 is 0 Å². The van der Waals surface area contributed by atoms with E-state index >= 15 is 0 Å². The molecule has 1 heterocycles. The summed E-state index contributed by atoms with van der Waals surface area (Å²) in [4.78, 5) is 0. The van der Waals surface area contributed by atoms with E-state index in [1.54, 1.807) is 0 Å². The second-order valence-electron chi connectivity index (χ2n) is 5.49. The van der Waals surface area contributed by atoms with E-state index in [4.69, 9.17) is 4.74 Å². The van der Waals surface area contributed by atoms with E-state index in [0.29, 0.717) is 11.8 Å². The molecule has 2 nitrogen and oxygen atoms in total. The molecule has 0 spiro atoms. The number of aliphatic hydroxyl groups is 1. The Morgan fingerprint density at radius 3 is 2.46 bits per heavy atom. The van der Waals surface area contributed by atoms with Gasteiger partial charge in [-0.3, -0.25) is 0 Å². The first-order valence-electron chi connectivity index (χ1n) is 5.26. The Morgan fingerprint density at radius 1 is 1.31 bits per heavy atom. The summed E-state index contributed by atoms with van der Waals surface area (Å²) in [5.74, 6) is 0.0579. The minimum Gasteiger partial charge on any atom is -0.365 e. The largest absolute Gasteiger partial charge is 0.365 e. The average Bonchev–Trinajstić information content (AvgIpc) is 2.32. The van der Waals surface area contributed by atoms with Crippen LogP contribution in [0.3, 0.4) is 0 Å². The van der Waals surface area contributed by atoms with Crippen LogP contribution in [0.25, 0.3) is 0 Å². The van der Waals surface area contributed by atoms with Gasteiger partial charge in [0.1, 0.15) is 0 Å². The SMILES string of the molecule is CC1CC2C(O)(CC(C)C2(C)C)O1. The van der Waals surface area contributed by atoms with E-state index in [9.17, 15) is 5.11 Å². The van der Waals surface area contributed by atoms with Crippen molar-refractivity contribution in [3.05, 3.63) is 0 Å². The Hall–Kier alpha value is -0.0800. The fourth-order valence-corrected chi connectivity index (χ4v) is 3.12. The maximum absolute atomic E-state index is 10.3. The number of hydrogen-bond acceptors (Lipinski definition) is 2. The zero-order valence-electron chi connectivity index (χ0n) is 9.00. The lowest BCUT2D eigenvalue weighted by Crippen LogP contribution is -2.34. The second-order valence-corrected chi connectivity index (χ2v) is 5.49. The lowest BCUT2D eigenvalue weighted by Gasteiger charge is -2.30. The molecule has 2 aliphatic rings. The number of rotatable bonds is 0. The summed E-state index contributed by atoms with van der Waals surface area (Å²) < 4.78 is 5.63. The summed E-state index contributed by atoms with van der Waals surface area (Å²) in [6.07, 6.45) is 2.03. The van der Waals surface area contributed by atoms with Crippen molar-refractivity contribution < 1.29 is 9.84 Å². The van der Waals surface area contributed by atoms with Crippen LogP contribution in [0.4, 0.5) is 0 Å². The van der Waals surface area contributed by atoms with Gasteiger partial charge >= 0.3 is 0 Å². The minimum atomic E-state index is -0.817. The van der Waals surface area contributed by atoms with E-state index in [-0.39, 0.29) is 11.5 Å². The lowest BCUT2D eigenvalue weighted by molar-refractivity contribution is -0.204. The summed E-state index contributed by atoms with van der Waals surface area (Å²) in [6.45, 7) is 8.77. The summed E-state index contributed by atoms with van der Waals surface area (Å²) >= 11 is 0. The van der Waals surface area contributed by atoms with Crippen molar-refractivity contribution in [2.45, 2.75) is 52.4 Å². The maximum atomic E-state index is 10.3. The van der Waals surface area contributed by atoms with Crippen LogP contribution >= 0.6 is 0 Å². The molecule has 1 N–H and O–H groups in total. The molecule has 0 aromatic rings. The first-order valence-corrected chi connectivity index (χ1v) is 5.26. The van der Waals surface area contributed by atoms with Gasteiger partial charge in [0.05, 0.1) is 6.10 Å². The highest BCUT2D eigenvalue weighted by Crippen LogP contribution is 2.58. The first kappa shape index (κ1) is 9.47. The molecule has 0 radical (unpaired) electrons. The maximum Gasteiger partial charge on any atom is 0.169 e. The molecule has 4 unspecified atom stereocenters. The van der Waals surface area contributed by atoms with Crippen LogP contribution in [0.2, 0.25) is 0 Å². The fourth-order valence-electron chi connectivity index (χ4n) is 3.12. The van der Waals surface area contributed by atoms with Crippen molar-refractivity contribution in [1.82, 2.24) is 0 Å². The molecule has 13 heavy (non-hydrogen) atoms. The normalized spacial score (nSPS) is 53.8. The summed E-state index contributed by atoms with van der Waals surface area (Å²) in [7, 11) is 0. The molecular formula is C11H20O2. The van der Waals surface area contributed by atoms with Gasteiger partial charge in [-0.25, -0.2) is 0 Å². The molecule has 76 valence electrons. The van der Waals surface area contributed by atoms with Crippen molar-refractivity contribution in [2.24, 2.45) is 17.3 Å². The predicted molar refractivity (Wildman–Crippen MR) is 51.2 cm³/mol. The molecule has 2 fully saturated rings. The van der Waals surface area contributed by atoms with E-state index in [0.717, 1.165) is 12.8 Å². The van der Waals surface area contributed by atoms with E-state index < -0.39 is 5.79 Å².